The lowest BCUT2D eigenvalue weighted by Gasteiger charge is -2.20. The molecule has 4 heterocycles. The zero-order valence-corrected chi connectivity index (χ0v) is 14.1. The van der Waals surface area contributed by atoms with Crippen LogP contribution in [0.25, 0.3) is 0 Å². The predicted octanol–water partition coefficient (Wildman–Crippen LogP) is 3.77. The maximum Gasteiger partial charge on any atom is 0.261 e. The van der Waals surface area contributed by atoms with Crippen molar-refractivity contribution in [2.75, 3.05) is 0 Å². The molecule has 7 heteroatoms. The number of thiophene rings is 1. The Bertz CT molecular complexity index is 699. The van der Waals surface area contributed by atoms with Gasteiger partial charge >= 0.3 is 0 Å². The highest BCUT2D eigenvalue weighted by atomic mass is 35.5. The quantitative estimate of drug-likeness (QED) is 0.877. The molecule has 2 aliphatic heterocycles. The van der Waals surface area contributed by atoms with E-state index in [1.54, 1.807) is 6.07 Å². The molecule has 22 heavy (non-hydrogen) atoms. The molecular formula is C15H15ClN2O2S2. The van der Waals surface area contributed by atoms with Crippen molar-refractivity contribution in [2.45, 2.75) is 46.7 Å². The Morgan fingerprint density at radius 2 is 2.27 bits per heavy atom. The van der Waals surface area contributed by atoms with Gasteiger partial charge in [-0.2, -0.15) is 0 Å². The molecule has 2 aromatic rings. The molecule has 0 spiro atoms. The van der Waals surface area contributed by atoms with E-state index in [0.29, 0.717) is 17.3 Å². The Morgan fingerprint density at radius 1 is 1.36 bits per heavy atom. The van der Waals surface area contributed by atoms with E-state index in [4.69, 9.17) is 16.0 Å². The van der Waals surface area contributed by atoms with Crippen molar-refractivity contribution in [2.24, 2.45) is 0 Å². The van der Waals surface area contributed by atoms with Crippen LogP contribution in [-0.4, -0.2) is 24.0 Å². The first-order chi connectivity index (χ1) is 10.7. The fourth-order valence-electron chi connectivity index (χ4n) is 3.17. The van der Waals surface area contributed by atoms with Gasteiger partial charge < -0.3 is 15.1 Å². The molecular weight excluding hydrogens is 340 g/mol. The normalized spacial score (nSPS) is 26.5. The summed E-state index contributed by atoms with van der Waals surface area (Å²) in [5.41, 5.74) is 0. The zero-order chi connectivity index (χ0) is 15.1. The Morgan fingerprint density at radius 3 is 2.95 bits per heavy atom. The summed E-state index contributed by atoms with van der Waals surface area (Å²) in [5.74, 6) is 0.0219. The second-order valence-electron chi connectivity index (χ2n) is 5.64. The van der Waals surface area contributed by atoms with Crippen LogP contribution < -0.4 is 10.6 Å². The van der Waals surface area contributed by atoms with Crippen molar-refractivity contribution in [1.29, 1.82) is 0 Å². The van der Waals surface area contributed by atoms with Gasteiger partial charge in [-0.05, 0) is 66.9 Å². The van der Waals surface area contributed by atoms with Crippen LogP contribution in [0.5, 0.6) is 0 Å². The Balaban J connectivity index is 1.39. The molecule has 3 atom stereocenters. The van der Waals surface area contributed by atoms with Gasteiger partial charge in [0.05, 0.1) is 9.09 Å². The van der Waals surface area contributed by atoms with Crippen molar-refractivity contribution in [3.63, 3.8) is 0 Å². The Labute approximate surface area is 141 Å². The number of hydrogen-bond acceptors (Lipinski definition) is 5. The average Bonchev–Trinajstić information content (AvgIpc) is 3.24. The van der Waals surface area contributed by atoms with Crippen LogP contribution in [0.3, 0.4) is 0 Å². The Kier molecular flexibility index (Phi) is 3.94. The second kappa shape index (κ2) is 5.92. The molecule has 0 aromatic carbocycles. The third-order valence-corrected chi connectivity index (χ3v) is 6.51. The van der Waals surface area contributed by atoms with Crippen LogP contribution >= 0.6 is 34.7 Å². The SMILES string of the molecule is O=C(N[C@@H]1C[C@H]2CC[C@@H]1N2)c1ccc(Sc2ccc(Cl)o2)s1. The molecule has 2 bridgehead atoms. The minimum Gasteiger partial charge on any atom is -0.438 e. The van der Waals surface area contributed by atoms with Crippen LogP contribution in [-0.2, 0) is 0 Å². The number of carbonyl (C=O) groups excluding carboxylic acids is 1. The number of nitrogens with one attached hydrogen (secondary N) is 2. The minimum absolute atomic E-state index is 0.0219. The third kappa shape index (κ3) is 2.93. The topological polar surface area (TPSA) is 54.3 Å². The van der Waals surface area contributed by atoms with E-state index in [9.17, 15) is 4.79 Å². The summed E-state index contributed by atoms with van der Waals surface area (Å²) in [6, 6.07) is 8.67. The van der Waals surface area contributed by atoms with E-state index < -0.39 is 0 Å². The van der Waals surface area contributed by atoms with E-state index in [1.165, 1.54) is 35.9 Å². The fraction of sp³-hybridized carbons (Fsp3) is 0.400. The molecule has 2 aliphatic rings. The van der Waals surface area contributed by atoms with Gasteiger partial charge in [0.1, 0.15) is 0 Å². The van der Waals surface area contributed by atoms with Gasteiger partial charge in [-0.25, -0.2) is 0 Å². The number of amides is 1. The van der Waals surface area contributed by atoms with Gasteiger partial charge in [0, 0.05) is 18.1 Å². The summed E-state index contributed by atoms with van der Waals surface area (Å²) in [7, 11) is 0. The van der Waals surface area contributed by atoms with Crippen LogP contribution in [0.2, 0.25) is 5.22 Å². The molecule has 2 aromatic heterocycles. The maximum atomic E-state index is 12.4. The molecule has 4 nitrogen and oxygen atoms in total. The maximum absolute atomic E-state index is 12.4. The van der Waals surface area contributed by atoms with Gasteiger partial charge in [-0.15, -0.1) is 11.3 Å². The van der Waals surface area contributed by atoms with Gasteiger partial charge in [0.25, 0.3) is 5.91 Å². The number of halogens is 1. The van der Waals surface area contributed by atoms with Crippen LogP contribution in [0.4, 0.5) is 0 Å². The van der Waals surface area contributed by atoms with Crippen molar-refractivity contribution < 1.29 is 9.21 Å². The van der Waals surface area contributed by atoms with Crippen LogP contribution in [0.15, 0.2) is 38.0 Å². The summed E-state index contributed by atoms with van der Waals surface area (Å²) in [4.78, 5) is 13.1. The number of furan rings is 1. The van der Waals surface area contributed by atoms with Gasteiger partial charge in [0.15, 0.2) is 10.3 Å². The first-order valence-electron chi connectivity index (χ1n) is 7.27. The highest BCUT2D eigenvalue weighted by Crippen LogP contribution is 2.35. The molecule has 2 N–H and O–H groups in total. The van der Waals surface area contributed by atoms with Gasteiger partial charge in [-0.3, -0.25) is 4.79 Å². The van der Waals surface area contributed by atoms with E-state index >= 15 is 0 Å². The molecule has 2 saturated heterocycles. The highest BCUT2D eigenvalue weighted by Gasteiger charge is 2.39. The van der Waals surface area contributed by atoms with Crippen molar-refractivity contribution >= 4 is 40.6 Å². The third-order valence-electron chi connectivity index (χ3n) is 4.17. The molecule has 0 radical (unpaired) electrons. The number of rotatable bonds is 4. The highest BCUT2D eigenvalue weighted by molar-refractivity contribution is 8.01. The van der Waals surface area contributed by atoms with Crippen LogP contribution in [0, 0.1) is 0 Å². The second-order valence-corrected chi connectivity index (χ2v) is 8.40. The average molecular weight is 355 g/mol. The minimum atomic E-state index is 0.0219. The molecule has 4 rings (SSSR count). The lowest BCUT2D eigenvalue weighted by molar-refractivity contribution is 0.0935. The molecule has 116 valence electrons. The fourth-order valence-corrected chi connectivity index (χ4v) is 5.29. The van der Waals surface area contributed by atoms with E-state index in [2.05, 4.69) is 10.6 Å². The smallest absolute Gasteiger partial charge is 0.261 e. The van der Waals surface area contributed by atoms with E-state index in [0.717, 1.165) is 20.6 Å². The molecule has 0 saturated carbocycles. The summed E-state index contributed by atoms with van der Waals surface area (Å²) in [6.45, 7) is 0. The standard InChI is InChI=1S/C15H15ClN2O2S2/c16-12-4-5-13(20-12)22-14-6-3-11(21-14)15(19)18-10-7-8-1-2-9(10)17-8/h3-6,8-10,17H,1-2,7H2,(H,18,19)/t8-,9+,10-/m1/s1. The first-order valence-corrected chi connectivity index (χ1v) is 9.28. The summed E-state index contributed by atoms with van der Waals surface area (Å²) >= 11 is 8.71. The summed E-state index contributed by atoms with van der Waals surface area (Å²) < 4.78 is 6.34. The van der Waals surface area contributed by atoms with Crippen molar-refractivity contribution in [1.82, 2.24) is 10.6 Å². The monoisotopic (exact) mass is 354 g/mol. The number of carbonyl (C=O) groups is 1. The zero-order valence-electron chi connectivity index (χ0n) is 11.7. The lowest BCUT2D eigenvalue weighted by atomic mass is 9.95. The van der Waals surface area contributed by atoms with Crippen LogP contribution in [0.1, 0.15) is 28.9 Å². The number of fused-ring (bicyclic) bond motifs is 2. The van der Waals surface area contributed by atoms with Crippen molar-refractivity contribution in [3.05, 3.63) is 34.4 Å². The summed E-state index contributed by atoms with van der Waals surface area (Å²) in [5, 5.41) is 7.81. The van der Waals surface area contributed by atoms with Gasteiger partial charge in [0.2, 0.25) is 0 Å². The predicted molar refractivity (Wildman–Crippen MR) is 88.0 cm³/mol. The summed E-state index contributed by atoms with van der Waals surface area (Å²) in [6.07, 6.45) is 3.46. The van der Waals surface area contributed by atoms with Crippen molar-refractivity contribution in [3.8, 4) is 0 Å². The number of hydrogen-bond donors (Lipinski definition) is 2. The van der Waals surface area contributed by atoms with Gasteiger partial charge in [-0.1, -0.05) is 0 Å². The van der Waals surface area contributed by atoms with E-state index in [1.807, 2.05) is 18.2 Å². The lowest BCUT2D eigenvalue weighted by Crippen LogP contribution is -2.42. The molecule has 0 aliphatic carbocycles. The Hall–Kier alpha value is -0.950. The largest absolute Gasteiger partial charge is 0.438 e. The molecule has 0 unspecified atom stereocenters. The first kappa shape index (κ1) is 14.6. The molecule has 2 fully saturated rings. The molecule has 1 amide bonds. The van der Waals surface area contributed by atoms with E-state index in [-0.39, 0.29) is 11.9 Å².